The zero-order valence-corrected chi connectivity index (χ0v) is 19.2. The SMILES string of the molecule is N#CC1CCCCC1n1nc(Nc2ccc3c(c2)CN(CC(F)(F)F)S3(=O)=O)c2c(=O)[nH]ccc21. The summed E-state index contributed by atoms with van der Waals surface area (Å²) in [5, 5.41) is 17.5. The third kappa shape index (κ3) is 4.17. The fraction of sp³-hybridized carbons (Fsp3) is 0.409. The molecular formula is C22H21F3N6O3S. The van der Waals surface area contributed by atoms with Gasteiger partial charge in [-0.3, -0.25) is 9.48 Å². The summed E-state index contributed by atoms with van der Waals surface area (Å²) in [4.78, 5) is 15.1. The number of anilines is 2. The number of nitrogens with one attached hydrogen (secondary N) is 2. The highest BCUT2D eigenvalue weighted by atomic mass is 32.2. The van der Waals surface area contributed by atoms with Gasteiger partial charge in [-0.15, -0.1) is 0 Å². The van der Waals surface area contributed by atoms with E-state index in [2.05, 4.69) is 21.5 Å². The minimum atomic E-state index is -4.66. The second-order valence-corrected chi connectivity index (χ2v) is 10.7. The second-order valence-electron chi connectivity index (χ2n) is 8.78. The summed E-state index contributed by atoms with van der Waals surface area (Å²) in [6.45, 7) is -1.98. The smallest absolute Gasteiger partial charge is 0.338 e. The molecule has 0 amide bonds. The molecule has 2 unspecified atom stereocenters. The lowest BCUT2D eigenvalue weighted by molar-refractivity contribution is -0.136. The van der Waals surface area contributed by atoms with E-state index in [1.165, 1.54) is 24.4 Å². The molecule has 1 fully saturated rings. The summed E-state index contributed by atoms with van der Waals surface area (Å²) in [5.41, 5.74) is 0.765. The van der Waals surface area contributed by atoms with Crippen LogP contribution < -0.4 is 10.9 Å². The number of aromatic nitrogens is 3. The number of hydrogen-bond donors (Lipinski definition) is 2. The number of hydrogen-bond acceptors (Lipinski definition) is 6. The van der Waals surface area contributed by atoms with Gasteiger partial charge in [0.1, 0.15) is 11.9 Å². The van der Waals surface area contributed by atoms with Crippen molar-refractivity contribution in [1.29, 1.82) is 5.26 Å². The molecule has 9 nitrogen and oxygen atoms in total. The van der Waals surface area contributed by atoms with Crippen LogP contribution >= 0.6 is 0 Å². The number of alkyl halides is 3. The number of nitrogens with zero attached hydrogens (tertiary/aromatic N) is 4. The van der Waals surface area contributed by atoms with E-state index in [9.17, 15) is 31.6 Å². The minimum Gasteiger partial charge on any atom is -0.338 e. The standard InChI is InChI=1S/C22H21F3N6O3S/c23-22(24,25)12-30-11-14-9-15(5-6-18(14)35(30,33)34)28-20-19-17(7-8-27-21(19)32)31(29-20)16-4-2-1-3-13(16)10-26/h5-9,13,16H,1-4,11-12H2,(H,27,32)(H,28,29). The van der Waals surface area contributed by atoms with E-state index in [-0.39, 0.29) is 39.2 Å². The quantitative estimate of drug-likeness (QED) is 0.555. The summed E-state index contributed by atoms with van der Waals surface area (Å²) in [5.74, 6) is -0.0270. The fourth-order valence-corrected chi connectivity index (χ4v) is 6.52. The van der Waals surface area contributed by atoms with Crippen molar-refractivity contribution >= 4 is 32.4 Å². The van der Waals surface area contributed by atoms with Gasteiger partial charge in [-0.1, -0.05) is 12.8 Å². The molecule has 35 heavy (non-hydrogen) atoms. The lowest BCUT2D eigenvalue weighted by Crippen LogP contribution is -2.34. The molecule has 5 rings (SSSR count). The van der Waals surface area contributed by atoms with Crippen molar-refractivity contribution in [3.8, 4) is 6.07 Å². The number of H-pyrrole nitrogens is 1. The van der Waals surface area contributed by atoms with E-state index in [0.717, 1.165) is 25.7 Å². The van der Waals surface area contributed by atoms with Gasteiger partial charge in [-0.2, -0.15) is 27.8 Å². The maximum Gasteiger partial charge on any atom is 0.402 e. The Morgan fingerprint density at radius 2 is 2.00 bits per heavy atom. The minimum absolute atomic E-state index is 0.181. The van der Waals surface area contributed by atoms with Crippen LogP contribution in [0.1, 0.15) is 37.3 Å². The Kier molecular flexibility index (Phi) is 5.60. The Morgan fingerprint density at radius 3 is 2.74 bits per heavy atom. The van der Waals surface area contributed by atoms with Gasteiger partial charge in [0.25, 0.3) is 5.56 Å². The fourth-order valence-electron chi connectivity index (χ4n) is 4.92. The molecule has 13 heteroatoms. The second kappa shape index (κ2) is 8.39. The van der Waals surface area contributed by atoms with Gasteiger partial charge in [-0.25, -0.2) is 8.42 Å². The highest BCUT2D eigenvalue weighted by Gasteiger charge is 2.42. The van der Waals surface area contributed by atoms with E-state index in [1.807, 2.05) is 0 Å². The average Bonchev–Trinajstić information content (AvgIpc) is 3.28. The molecule has 0 saturated heterocycles. The predicted molar refractivity (Wildman–Crippen MR) is 120 cm³/mol. The molecule has 0 bridgehead atoms. The Bertz CT molecular complexity index is 1510. The van der Waals surface area contributed by atoms with Crippen LogP contribution in [-0.4, -0.2) is 40.2 Å². The summed E-state index contributed by atoms with van der Waals surface area (Å²) < 4.78 is 65.7. The number of sulfonamides is 1. The highest BCUT2D eigenvalue weighted by Crippen LogP contribution is 2.38. The number of rotatable bonds is 4. The molecule has 1 aromatic carbocycles. The monoisotopic (exact) mass is 506 g/mol. The maximum absolute atomic E-state index is 12.9. The van der Waals surface area contributed by atoms with Crippen LogP contribution in [0.25, 0.3) is 10.9 Å². The Morgan fingerprint density at radius 1 is 1.23 bits per heavy atom. The number of aromatic amines is 1. The van der Waals surface area contributed by atoms with Crippen LogP contribution in [0.15, 0.2) is 40.2 Å². The average molecular weight is 507 g/mol. The third-order valence-electron chi connectivity index (χ3n) is 6.48. The Labute approximate surface area is 198 Å². The maximum atomic E-state index is 12.9. The number of nitriles is 1. The van der Waals surface area contributed by atoms with Crippen molar-refractivity contribution in [2.75, 3.05) is 11.9 Å². The van der Waals surface area contributed by atoms with Crippen LogP contribution in [0.3, 0.4) is 0 Å². The van der Waals surface area contributed by atoms with Gasteiger partial charge >= 0.3 is 6.18 Å². The molecule has 1 aliphatic carbocycles. The zero-order chi connectivity index (χ0) is 25.0. The molecule has 2 aliphatic rings. The van der Waals surface area contributed by atoms with Crippen molar-refractivity contribution in [3.05, 3.63) is 46.4 Å². The van der Waals surface area contributed by atoms with Gasteiger partial charge in [0.05, 0.1) is 28.4 Å². The van der Waals surface area contributed by atoms with E-state index < -0.39 is 29.3 Å². The first-order valence-corrected chi connectivity index (χ1v) is 12.5. The molecule has 3 heterocycles. The van der Waals surface area contributed by atoms with Gasteiger partial charge in [0.2, 0.25) is 10.0 Å². The van der Waals surface area contributed by atoms with Crippen molar-refractivity contribution in [2.24, 2.45) is 5.92 Å². The largest absolute Gasteiger partial charge is 0.402 e. The van der Waals surface area contributed by atoms with Crippen LogP contribution in [0, 0.1) is 17.2 Å². The number of halogens is 3. The van der Waals surface area contributed by atoms with Crippen LogP contribution in [0.4, 0.5) is 24.7 Å². The third-order valence-corrected chi connectivity index (χ3v) is 8.38. The van der Waals surface area contributed by atoms with E-state index in [1.54, 1.807) is 10.7 Å². The number of fused-ring (bicyclic) bond motifs is 2. The normalized spacial score (nSPS) is 22.1. The zero-order valence-electron chi connectivity index (χ0n) is 18.3. The number of benzene rings is 1. The molecule has 0 spiro atoms. The molecule has 2 N–H and O–H groups in total. The van der Waals surface area contributed by atoms with Crippen LogP contribution in [-0.2, 0) is 16.6 Å². The number of pyridine rings is 1. The Hall–Kier alpha value is -3.37. The first-order valence-electron chi connectivity index (χ1n) is 11.0. The topological polar surface area (TPSA) is 124 Å². The van der Waals surface area contributed by atoms with Gasteiger partial charge in [0, 0.05) is 18.4 Å². The van der Waals surface area contributed by atoms with Crippen LogP contribution in [0.2, 0.25) is 0 Å². The van der Waals surface area contributed by atoms with Gasteiger partial charge in [0.15, 0.2) is 5.82 Å². The highest BCUT2D eigenvalue weighted by molar-refractivity contribution is 7.89. The molecule has 0 radical (unpaired) electrons. The first-order chi connectivity index (χ1) is 16.6. The van der Waals surface area contributed by atoms with Crippen molar-refractivity contribution < 1.29 is 21.6 Å². The summed E-state index contributed by atoms with van der Waals surface area (Å²) >= 11 is 0. The first kappa shape index (κ1) is 23.4. The lowest BCUT2D eigenvalue weighted by atomic mass is 9.85. The van der Waals surface area contributed by atoms with Crippen molar-refractivity contribution in [2.45, 2.75) is 49.3 Å². The van der Waals surface area contributed by atoms with E-state index >= 15 is 0 Å². The summed E-state index contributed by atoms with van der Waals surface area (Å²) in [6.07, 6.45) is 0.206. The Balaban J connectivity index is 1.52. The summed E-state index contributed by atoms with van der Waals surface area (Å²) in [6, 6.07) is 7.97. The van der Waals surface area contributed by atoms with Gasteiger partial charge < -0.3 is 10.3 Å². The van der Waals surface area contributed by atoms with E-state index in [0.29, 0.717) is 15.5 Å². The molecule has 3 aromatic rings. The molecular weight excluding hydrogens is 485 g/mol. The molecule has 1 aliphatic heterocycles. The molecule has 2 aromatic heterocycles. The van der Waals surface area contributed by atoms with Crippen molar-refractivity contribution in [1.82, 2.24) is 19.1 Å². The van der Waals surface area contributed by atoms with Crippen LogP contribution in [0.5, 0.6) is 0 Å². The lowest BCUT2D eigenvalue weighted by Gasteiger charge is -2.27. The molecule has 1 saturated carbocycles. The molecule has 184 valence electrons. The molecule has 2 atom stereocenters. The van der Waals surface area contributed by atoms with Gasteiger partial charge in [-0.05, 0) is 42.7 Å². The summed E-state index contributed by atoms with van der Waals surface area (Å²) in [7, 11) is -4.25. The predicted octanol–water partition coefficient (Wildman–Crippen LogP) is 3.79. The van der Waals surface area contributed by atoms with E-state index in [4.69, 9.17) is 0 Å². The van der Waals surface area contributed by atoms with Crippen molar-refractivity contribution in [3.63, 3.8) is 0 Å².